The SMILES string of the molecule is CCN1CCCC(C(=O)Nc2nonc2C(N)=Nc2ccc(F)c(Br)c2)C1. The highest BCUT2D eigenvalue weighted by Gasteiger charge is 2.27. The van der Waals surface area contributed by atoms with E-state index in [1.807, 2.05) is 0 Å². The second-order valence-corrected chi connectivity index (χ2v) is 7.13. The number of halogens is 2. The molecule has 144 valence electrons. The lowest BCUT2D eigenvalue weighted by molar-refractivity contribution is -0.121. The molecule has 0 radical (unpaired) electrons. The number of likely N-dealkylation sites (tertiary alicyclic amines) is 1. The number of rotatable bonds is 5. The van der Waals surface area contributed by atoms with Gasteiger partial charge in [0.15, 0.2) is 11.5 Å². The maximum absolute atomic E-state index is 13.3. The van der Waals surface area contributed by atoms with Gasteiger partial charge in [-0.1, -0.05) is 6.92 Å². The molecule has 1 fully saturated rings. The van der Waals surface area contributed by atoms with Gasteiger partial charge in [-0.2, -0.15) is 0 Å². The van der Waals surface area contributed by atoms with Gasteiger partial charge in [-0.25, -0.2) is 14.0 Å². The molecule has 2 aromatic rings. The summed E-state index contributed by atoms with van der Waals surface area (Å²) in [6.07, 6.45) is 1.79. The van der Waals surface area contributed by atoms with Crippen molar-refractivity contribution in [2.45, 2.75) is 19.8 Å². The molecule has 1 saturated heterocycles. The molecule has 0 bridgehead atoms. The molecule has 27 heavy (non-hydrogen) atoms. The predicted octanol–water partition coefficient (Wildman–Crippen LogP) is 2.68. The second-order valence-electron chi connectivity index (χ2n) is 6.28. The third kappa shape index (κ3) is 4.69. The lowest BCUT2D eigenvalue weighted by Gasteiger charge is -2.30. The largest absolute Gasteiger partial charge is 0.382 e. The summed E-state index contributed by atoms with van der Waals surface area (Å²) in [5.74, 6) is -0.561. The van der Waals surface area contributed by atoms with Crippen molar-refractivity contribution in [3.8, 4) is 0 Å². The first-order valence-corrected chi connectivity index (χ1v) is 9.42. The van der Waals surface area contributed by atoms with Crippen molar-refractivity contribution in [2.75, 3.05) is 25.0 Å². The van der Waals surface area contributed by atoms with Crippen LogP contribution >= 0.6 is 15.9 Å². The van der Waals surface area contributed by atoms with Crippen molar-refractivity contribution in [2.24, 2.45) is 16.6 Å². The first kappa shape index (κ1) is 19.4. The molecule has 1 aromatic heterocycles. The van der Waals surface area contributed by atoms with E-state index in [2.05, 4.69) is 48.4 Å². The standard InChI is InChI=1S/C17H20BrFN6O2/c1-2-25-7-3-4-10(9-25)17(26)22-16-14(23-27-24-16)15(20)21-11-5-6-13(19)12(18)8-11/h5-6,8,10H,2-4,7,9H2,1H3,(H2,20,21)(H,22,24,26). The molecule has 0 saturated carbocycles. The first-order chi connectivity index (χ1) is 13.0. The van der Waals surface area contributed by atoms with E-state index in [4.69, 9.17) is 10.4 Å². The van der Waals surface area contributed by atoms with E-state index in [-0.39, 0.29) is 33.6 Å². The number of piperidine rings is 1. The molecule has 0 aliphatic carbocycles. The van der Waals surface area contributed by atoms with E-state index in [0.29, 0.717) is 12.2 Å². The maximum atomic E-state index is 13.3. The number of benzene rings is 1. The zero-order chi connectivity index (χ0) is 19.4. The van der Waals surface area contributed by atoms with E-state index >= 15 is 0 Å². The molecular weight excluding hydrogens is 419 g/mol. The van der Waals surface area contributed by atoms with Crippen LogP contribution in [0.15, 0.2) is 32.3 Å². The van der Waals surface area contributed by atoms with Crippen LogP contribution in [0.1, 0.15) is 25.5 Å². The third-order valence-corrected chi connectivity index (χ3v) is 5.06. The summed E-state index contributed by atoms with van der Waals surface area (Å²) in [6.45, 7) is 4.69. The summed E-state index contributed by atoms with van der Waals surface area (Å²) in [7, 11) is 0. The normalized spacial score (nSPS) is 18.5. The lowest BCUT2D eigenvalue weighted by Crippen LogP contribution is -2.40. The minimum atomic E-state index is -0.405. The van der Waals surface area contributed by atoms with Gasteiger partial charge in [0.2, 0.25) is 11.7 Å². The molecule has 3 N–H and O–H groups in total. The summed E-state index contributed by atoms with van der Waals surface area (Å²) in [5, 5.41) is 10.2. The highest BCUT2D eigenvalue weighted by atomic mass is 79.9. The minimum Gasteiger partial charge on any atom is -0.382 e. The van der Waals surface area contributed by atoms with Gasteiger partial charge >= 0.3 is 0 Å². The van der Waals surface area contributed by atoms with Gasteiger partial charge in [0.25, 0.3) is 0 Å². The number of hydrogen-bond acceptors (Lipinski definition) is 6. The van der Waals surface area contributed by atoms with Gasteiger partial charge in [0.1, 0.15) is 5.82 Å². The average molecular weight is 439 g/mol. The number of amides is 1. The fraction of sp³-hybridized carbons (Fsp3) is 0.412. The number of carbonyl (C=O) groups excluding carboxylic acids is 1. The third-order valence-electron chi connectivity index (χ3n) is 4.45. The average Bonchev–Trinajstić information content (AvgIpc) is 3.13. The summed E-state index contributed by atoms with van der Waals surface area (Å²) in [5.41, 5.74) is 6.53. The Morgan fingerprint density at radius 1 is 1.52 bits per heavy atom. The second kappa shape index (κ2) is 8.57. The van der Waals surface area contributed by atoms with Crippen LogP contribution < -0.4 is 11.1 Å². The number of nitrogens with two attached hydrogens (primary N) is 1. The summed E-state index contributed by atoms with van der Waals surface area (Å²) in [4.78, 5) is 19.0. The number of carbonyl (C=O) groups is 1. The number of anilines is 1. The summed E-state index contributed by atoms with van der Waals surface area (Å²) in [6, 6.07) is 4.22. The van der Waals surface area contributed by atoms with Gasteiger partial charge in [-0.15, -0.1) is 0 Å². The molecule has 10 heteroatoms. The Labute approximate surface area is 164 Å². The van der Waals surface area contributed by atoms with Crippen molar-refractivity contribution in [1.29, 1.82) is 0 Å². The molecule has 8 nitrogen and oxygen atoms in total. The quantitative estimate of drug-likeness (QED) is 0.548. The molecule has 1 atom stereocenters. The minimum absolute atomic E-state index is 0.00360. The van der Waals surface area contributed by atoms with Crippen LogP contribution in [0.25, 0.3) is 0 Å². The van der Waals surface area contributed by atoms with E-state index in [1.165, 1.54) is 18.2 Å². The van der Waals surface area contributed by atoms with Gasteiger partial charge < -0.3 is 16.0 Å². The van der Waals surface area contributed by atoms with Crippen molar-refractivity contribution in [3.05, 3.63) is 34.2 Å². The molecule has 0 spiro atoms. The zero-order valence-electron chi connectivity index (χ0n) is 14.8. The zero-order valence-corrected chi connectivity index (χ0v) is 16.4. The van der Waals surface area contributed by atoms with Crippen molar-refractivity contribution < 1.29 is 13.8 Å². The number of nitrogens with zero attached hydrogens (tertiary/aromatic N) is 4. The van der Waals surface area contributed by atoms with Crippen LogP contribution in [0.5, 0.6) is 0 Å². The van der Waals surface area contributed by atoms with Crippen LogP contribution in [0.3, 0.4) is 0 Å². The van der Waals surface area contributed by atoms with Crippen molar-refractivity contribution in [1.82, 2.24) is 15.2 Å². The summed E-state index contributed by atoms with van der Waals surface area (Å²) < 4.78 is 18.3. The Morgan fingerprint density at radius 3 is 3.07 bits per heavy atom. The highest BCUT2D eigenvalue weighted by molar-refractivity contribution is 9.10. The van der Waals surface area contributed by atoms with Crippen molar-refractivity contribution in [3.63, 3.8) is 0 Å². The van der Waals surface area contributed by atoms with Gasteiger partial charge in [-0.3, -0.25) is 4.79 Å². The van der Waals surface area contributed by atoms with Gasteiger partial charge in [0, 0.05) is 6.54 Å². The fourth-order valence-electron chi connectivity index (χ4n) is 2.96. The van der Waals surface area contributed by atoms with E-state index < -0.39 is 5.82 Å². The molecule has 1 aromatic carbocycles. The van der Waals surface area contributed by atoms with Gasteiger partial charge in [-0.05, 0) is 70.4 Å². The van der Waals surface area contributed by atoms with Crippen LogP contribution in [0, 0.1) is 11.7 Å². The van der Waals surface area contributed by atoms with Crippen LogP contribution in [-0.4, -0.2) is 46.6 Å². The van der Waals surface area contributed by atoms with Gasteiger partial charge in [0.05, 0.1) is 16.1 Å². The monoisotopic (exact) mass is 438 g/mol. The number of aliphatic imine (C=N–C) groups is 1. The van der Waals surface area contributed by atoms with E-state index in [0.717, 1.165) is 25.9 Å². The Hall–Kier alpha value is -2.33. The Morgan fingerprint density at radius 2 is 2.33 bits per heavy atom. The van der Waals surface area contributed by atoms with Crippen LogP contribution in [0.2, 0.25) is 0 Å². The molecule has 1 aliphatic rings. The van der Waals surface area contributed by atoms with Crippen LogP contribution in [0.4, 0.5) is 15.9 Å². The first-order valence-electron chi connectivity index (χ1n) is 8.63. The Kier molecular flexibility index (Phi) is 6.17. The van der Waals surface area contributed by atoms with Crippen molar-refractivity contribution >= 4 is 39.2 Å². The summed E-state index contributed by atoms with van der Waals surface area (Å²) >= 11 is 3.09. The Bertz CT molecular complexity index is 856. The molecule has 1 unspecified atom stereocenters. The highest BCUT2D eigenvalue weighted by Crippen LogP contribution is 2.23. The number of amidine groups is 1. The predicted molar refractivity (Wildman–Crippen MR) is 102 cm³/mol. The van der Waals surface area contributed by atoms with E-state index in [9.17, 15) is 9.18 Å². The molecule has 1 aliphatic heterocycles. The molecule has 3 rings (SSSR count). The molecule has 2 heterocycles. The van der Waals surface area contributed by atoms with Crippen LogP contribution in [-0.2, 0) is 4.79 Å². The maximum Gasteiger partial charge on any atom is 0.230 e. The smallest absolute Gasteiger partial charge is 0.230 e. The number of nitrogens with one attached hydrogen (secondary N) is 1. The van der Waals surface area contributed by atoms with E-state index in [1.54, 1.807) is 0 Å². The molecular formula is C17H20BrFN6O2. The fourth-order valence-corrected chi connectivity index (χ4v) is 3.33. The number of hydrogen-bond donors (Lipinski definition) is 2. The topological polar surface area (TPSA) is 110 Å². The molecule has 1 amide bonds. The number of aromatic nitrogens is 2. The lowest BCUT2D eigenvalue weighted by atomic mass is 9.97. The Balaban J connectivity index is 1.74.